The second kappa shape index (κ2) is 11.9. The molecule has 2 aliphatic heterocycles. The number of fused-ring (bicyclic) bond motifs is 3. The van der Waals surface area contributed by atoms with E-state index in [1.54, 1.807) is 38.4 Å². The van der Waals surface area contributed by atoms with Crippen LogP contribution in [0.1, 0.15) is 54.5 Å². The Hall–Kier alpha value is -4.24. The largest absolute Gasteiger partial charge is 0.493 e. The van der Waals surface area contributed by atoms with Gasteiger partial charge in [0, 0.05) is 22.7 Å². The summed E-state index contributed by atoms with van der Waals surface area (Å²) in [5.74, 6) is 1.21. The van der Waals surface area contributed by atoms with Crippen LogP contribution in [0, 0.1) is 11.3 Å². The average Bonchev–Trinajstić information content (AvgIpc) is 3.56. The highest BCUT2D eigenvalue weighted by molar-refractivity contribution is 6.30. The molecule has 0 spiro atoms. The van der Waals surface area contributed by atoms with Crippen LogP contribution in [0.25, 0.3) is 5.69 Å². The van der Waals surface area contributed by atoms with Gasteiger partial charge in [0.2, 0.25) is 0 Å². The number of hydrazine groups is 2. The molecule has 0 aliphatic carbocycles. The lowest BCUT2D eigenvalue weighted by Crippen LogP contribution is -2.43. The van der Waals surface area contributed by atoms with Crippen LogP contribution in [0.3, 0.4) is 0 Å². The van der Waals surface area contributed by atoms with Crippen molar-refractivity contribution in [2.75, 3.05) is 27.4 Å². The van der Waals surface area contributed by atoms with Crippen molar-refractivity contribution in [1.82, 2.24) is 20.6 Å². The summed E-state index contributed by atoms with van der Waals surface area (Å²) in [7, 11) is 3.17. The van der Waals surface area contributed by atoms with E-state index in [0.29, 0.717) is 47.6 Å². The molecule has 11 nitrogen and oxygen atoms in total. The fourth-order valence-electron chi connectivity index (χ4n) is 4.99. The normalized spacial score (nSPS) is 17.8. The van der Waals surface area contributed by atoms with Crippen LogP contribution in [0.2, 0.25) is 5.02 Å². The Bertz CT molecular complexity index is 1480. The Morgan fingerprint density at radius 1 is 1.18 bits per heavy atom. The first kappa shape index (κ1) is 27.3. The van der Waals surface area contributed by atoms with E-state index in [0.717, 1.165) is 22.5 Å². The number of methoxy groups -OCH3 is 2. The number of amidine groups is 1. The van der Waals surface area contributed by atoms with Crippen LogP contribution < -0.4 is 20.4 Å². The molecular weight excluding hydrogens is 536 g/mol. The van der Waals surface area contributed by atoms with Crippen LogP contribution >= 0.6 is 11.6 Å². The van der Waals surface area contributed by atoms with E-state index in [4.69, 9.17) is 30.5 Å². The molecule has 0 bridgehead atoms. The van der Waals surface area contributed by atoms with Gasteiger partial charge in [0.25, 0.3) is 0 Å². The number of hydrogen-bond acceptors (Lipinski definition) is 10. The Kier molecular flexibility index (Phi) is 8.11. The van der Waals surface area contributed by atoms with Crippen molar-refractivity contribution in [2.45, 2.75) is 32.0 Å². The quantitative estimate of drug-likeness (QED) is 0.369. The zero-order chi connectivity index (χ0) is 28.2. The number of nitriles is 1. The van der Waals surface area contributed by atoms with Gasteiger partial charge in [-0.05, 0) is 49.7 Å². The predicted octanol–water partition coefficient (Wildman–Crippen LogP) is 4.16. The second-order valence-corrected chi connectivity index (χ2v) is 9.51. The van der Waals surface area contributed by atoms with Gasteiger partial charge >= 0.3 is 5.97 Å². The van der Waals surface area contributed by atoms with E-state index in [1.165, 1.54) is 0 Å². The number of para-hydroxylation sites is 1. The molecule has 0 amide bonds. The first-order valence-electron chi connectivity index (χ1n) is 12.8. The molecule has 2 N–H and O–H groups in total. The topological polar surface area (TPSA) is 122 Å². The average molecular weight is 565 g/mol. The molecule has 0 unspecified atom stereocenters. The SMILES string of the molecule is CCOC(=O)CC1=NNN(CC[C@H]2O[C@H](c3cccc(OC)c3OC)c3cc(Cl)ccc3-n3c(C#N)ccc32)N1. The molecule has 2 atom stereocenters. The zero-order valence-electron chi connectivity index (χ0n) is 22.3. The highest BCUT2D eigenvalue weighted by atomic mass is 35.5. The molecule has 0 saturated carbocycles. The van der Waals surface area contributed by atoms with E-state index in [-0.39, 0.29) is 12.4 Å². The van der Waals surface area contributed by atoms with E-state index >= 15 is 0 Å². The molecule has 40 heavy (non-hydrogen) atoms. The van der Waals surface area contributed by atoms with Crippen LogP contribution in [0.15, 0.2) is 53.6 Å². The summed E-state index contributed by atoms with van der Waals surface area (Å²) in [5, 5.41) is 16.3. The van der Waals surface area contributed by atoms with Gasteiger partial charge in [0.15, 0.2) is 17.3 Å². The minimum Gasteiger partial charge on any atom is -0.493 e. The Balaban J connectivity index is 1.49. The van der Waals surface area contributed by atoms with Crippen molar-refractivity contribution in [3.05, 3.63) is 76.1 Å². The van der Waals surface area contributed by atoms with E-state index in [2.05, 4.69) is 22.1 Å². The minimum atomic E-state index is -0.592. The maximum atomic E-state index is 11.9. The lowest BCUT2D eigenvalue weighted by Gasteiger charge is -2.26. The van der Waals surface area contributed by atoms with Crippen LogP contribution in [-0.2, 0) is 14.3 Å². The van der Waals surface area contributed by atoms with Gasteiger partial charge in [-0.3, -0.25) is 10.2 Å². The van der Waals surface area contributed by atoms with Gasteiger partial charge in [-0.25, -0.2) is 5.53 Å². The number of nitrogens with zero attached hydrogens (tertiary/aromatic N) is 4. The van der Waals surface area contributed by atoms with Crippen LogP contribution in [0.5, 0.6) is 11.5 Å². The number of carbonyl (C=O) groups excluding carboxylic acids is 1. The third kappa shape index (κ3) is 5.29. The van der Waals surface area contributed by atoms with Crippen molar-refractivity contribution in [3.8, 4) is 23.3 Å². The number of hydrogen-bond donors (Lipinski definition) is 2. The van der Waals surface area contributed by atoms with Crippen molar-refractivity contribution in [3.63, 3.8) is 0 Å². The lowest BCUT2D eigenvalue weighted by atomic mass is 9.98. The van der Waals surface area contributed by atoms with Gasteiger partial charge < -0.3 is 23.5 Å². The van der Waals surface area contributed by atoms with E-state index in [1.807, 2.05) is 41.0 Å². The number of halogens is 1. The highest BCUT2D eigenvalue weighted by Crippen LogP contribution is 2.46. The van der Waals surface area contributed by atoms with Gasteiger partial charge in [0.1, 0.15) is 30.4 Å². The van der Waals surface area contributed by atoms with Gasteiger partial charge in [0.05, 0.1) is 32.2 Å². The first-order chi connectivity index (χ1) is 19.5. The molecule has 2 aliphatic rings. The maximum Gasteiger partial charge on any atom is 0.313 e. The third-order valence-electron chi connectivity index (χ3n) is 6.69. The number of esters is 1. The molecule has 0 fully saturated rings. The van der Waals surface area contributed by atoms with Crippen molar-refractivity contribution >= 4 is 23.4 Å². The standard InChI is InChI=1S/C28H29ClN6O5/c1-4-39-26(36)15-25-31-33-34(32-25)13-12-23-22-11-9-18(16-30)35(22)21-10-8-17(29)14-20(21)27(40-23)19-6-5-7-24(37-2)28(19)38-3/h5-11,14,23,27,33H,4,12-13,15H2,1-3H3,(H,31,32)/t23-,27-/m1/s1. The van der Waals surface area contributed by atoms with Crippen LogP contribution in [0.4, 0.5) is 0 Å². The smallest absolute Gasteiger partial charge is 0.313 e. The maximum absolute atomic E-state index is 11.9. The van der Waals surface area contributed by atoms with Crippen molar-refractivity contribution in [1.29, 1.82) is 5.26 Å². The summed E-state index contributed by atoms with van der Waals surface area (Å²) < 4.78 is 25.1. The zero-order valence-corrected chi connectivity index (χ0v) is 23.1. The van der Waals surface area contributed by atoms with Gasteiger partial charge in [-0.1, -0.05) is 23.7 Å². The molecule has 2 aromatic carbocycles. The molecule has 12 heteroatoms. The molecule has 3 aromatic rings. The summed E-state index contributed by atoms with van der Waals surface area (Å²) in [6, 6.07) is 17.2. The molecule has 1 aromatic heterocycles. The molecular formula is C28H29ClN6O5. The number of rotatable bonds is 9. The van der Waals surface area contributed by atoms with Crippen LogP contribution in [-0.4, -0.2) is 48.9 Å². The molecule has 5 rings (SSSR count). The summed E-state index contributed by atoms with van der Waals surface area (Å²) in [4.78, 5) is 11.9. The van der Waals surface area contributed by atoms with Crippen molar-refractivity contribution < 1.29 is 23.7 Å². The monoisotopic (exact) mass is 564 g/mol. The number of hydrazone groups is 1. The highest BCUT2D eigenvalue weighted by Gasteiger charge is 2.34. The molecule has 208 valence electrons. The predicted molar refractivity (Wildman–Crippen MR) is 147 cm³/mol. The fraction of sp³-hybridized carbons (Fsp3) is 0.321. The number of aromatic nitrogens is 1. The number of benzene rings is 2. The minimum absolute atomic E-state index is 0.0272. The fourth-order valence-corrected chi connectivity index (χ4v) is 5.17. The third-order valence-corrected chi connectivity index (χ3v) is 6.92. The number of ether oxygens (including phenoxy) is 4. The number of carbonyl (C=O) groups is 1. The number of nitrogens with one attached hydrogen (secondary N) is 2. The first-order valence-corrected chi connectivity index (χ1v) is 13.1. The summed E-state index contributed by atoms with van der Waals surface area (Å²) in [6.45, 7) is 2.51. The Morgan fingerprint density at radius 2 is 2.02 bits per heavy atom. The van der Waals surface area contributed by atoms with Gasteiger partial charge in [-0.15, -0.1) is 10.2 Å². The summed E-state index contributed by atoms with van der Waals surface area (Å²) in [5.41, 5.74) is 9.59. The molecule has 0 radical (unpaired) electrons. The van der Waals surface area contributed by atoms with E-state index < -0.39 is 12.2 Å². The molecule has 0 saturated heterocycles. The van der Waals surface area contributed by atoms with E-state index in [9.17, 15) is 10.1 Å². The Labute approximate surface area is 236 Å². The Morgan fingerprint density at radius 3 is 2.77 bits per heavy atom. The summed E-state index contributed by atoms with van der Waals surface area (Å²) >= 11 is 6.49. The van der Waals surface area contributed by atoms with Gasteiger partial charge in [-0.2, -0.15) is 5.26 Å². The lowest BCUT2D eigenvalue weighted by molar-refractivity contribution is -0.141. The molecule has 3 heterocycles. The second-order valence-electron chi connectivity index (χ2n) is 9.07. The van der Waals surface area contributed by atoms with Crippen molar-refractivity contribution in [2.24, 2.45) is 5.10 Å². The summed E-state index contributed by atoms with van der Waals surface area (Å²) in [6.07, 6.45) is -0.515.